The lowest BCUT2D eigenvalue weighted by Gasteiger charge is -2.29. The molecule has 2 atom stereocenters. The summed E-state index contributed by atoms with van der Waals surface area (Å²) in [6.45, 7) is 6.12. The van der Waals surface area contributed by atoms with Crippen molar-refractivity contribution in [3.8, 4) is 0 Å². The molecule has 2 saturated carbocycles. The molecule has 0 saturated heterocycles. The van der Waals surface area contributed by atoms with Gasteiger partial charge < -0.3 is 14.6 Å². The lowest BCUT2D eigenvalue weighted by molar-refractivity contribution is -0.144. The molecule has 1 N–H and O–H groups in total. The molecule has 0 bridgehead atoms. The number of esters is 1. The molecule has 5 nitrogen and oxygen atoms in total. The van der Waals surface area contributed by atoms with Crippen molar-refractivity contribution in [1.29, 1.82) is 0 Å². The van der Waals surface area contributed by atoms with E-state index in [1.54, 1.807) is 6.08 Å². The van der Waals surface area contributed by atoms with Crippen LogP contribution in [0.25, 0.3) is 6.08 Å². The van der Waals surface area contributed by atoms with Crippen LogP contribution in [-0.2, 0) is 14.3 Å². The van der Waals surface area contributed by atoms with E-state index >= 15 is 0 Å². The topological polar surface area (TPSA) is 60.3 Å². The molecule has 5 heteroatoms. The van der Waals surface area contributed by atoms with Gasteiger partial charge in [-0.1, -0.05) is 19.8 Å². The second-order valence-corrected chi connectivity index (χ2v) is 7.80. The smallest absolute Gasteiger partial charge is 0.331 e. The van der Waals surface area contributed by atoms with Crippen molar-refractivity contribution in [3.63, 3.8) is 0 Å². The summed E-state index contributed by atoms with van der Waals surface area (Å²) < 4.78 is 7.43. The zero-order chi connectivity index (χ0) is 18.7. The quantitative estimate of drug-likeness (QED) is 0.623. The molecule has 3 rings (SSSR count). The number of hydrogen-bond donors (Lipinski definition) is 1. The van der Waals surface area contributed by atoms with Crippen LogP contribution in [-0.4, -0.2) is 29.1 Å². The fraction of sp³-hybridized carbons (Fsp3) is 0.619. The number of carbonyl (C=O) groups is 2. The van der Waals surface area contributed by atoms with Crippen LogP contribution in [0, 0.1) is 19.8 Å². The standard InChI is InChI=1S/C21H30N2O3/c1-14-6-4-5-7-19(14)22-20(24)13-26-21(25)11-8-17-12-15(2)23(16(17)3)18-9-10-18/h8,11-12,14,18-19H,4-7,9-10,13H2,1-3H3,(H,22,24)/b11-8+/t14-,19+/m0/s1. The molecule has 1 heterocycles. The predicted molar refractivity (Wildman–Crippen MR) is 102 cm³/mol. The number of ether oxygens (including phenoxy) is 1. The molecule has 0 spiro atoms. The van der Waals surface area contributed by atoms with Crippen molar-refractivity contribution in [2.24, 2.45) is 5.92 Å². The highest BCUT2D eigenvalue weighted by Gasteiger charge is 2.26. The zero-order valence-corrected chi connectivity index (χ0v) is 16.1. The summed E-state index contributed by atoms with van der Waals surface area (Å²) in [5.41, 5.74) is 3.43. The number of rotatable bonds is 6. The Labute approximate surface area is 155 Å². The van der Waals surface area contributed by atoms with Crippen molar-refractivity contribution in [1.82, 2.24) is 9.88 Å². The summed E-state index contributed by atoms with van der Waals surface area (Å²) in [4.78, 5) is 23.9. The van der Waals surface area contributed by atoms with Gasteiger partial charge in [-0.2, -0.15) is 0 Å². The average molecular weight is 358 g/mol. The number of aromatic nitrogens is 1. The minimum absolute atomic E-state index is 0.207. The Kier molecular flexibility index (Phi) is 5.84. The molecule has 1 aromatic heterocycles. The molecule has 2 fully saturated rings. The Morgan fingerprint density at radius 2 is 1.96 bits per heavy atom. The highest BCUT2D eigenvalue weighted by molar-refractivity contribution is 5.89. The van der Waals surface area contributed by atoms with Crippen LogP contribution in [0.15, 0.2) is 12.1 Å². The predicted octanol–water partition coefficient (Wildman–Crippen LogP) is 3.69. The largest absolute Gasteiger partial charge is 0.452 e. The molecule has 0 aromatic carbocycles. The van der Waals surface area contributed by atoms with Gasteiger partial charge >= 0.3 is 5.97 Å². The van der Waals surface area contributed by atoms with Gasteiger partial charge in [0.25, 0.3) is 5.91 Å². The first kappa shape index (κ1) is 18.7. The number of amides is 1. The first-order valence-corrected chi connectivity index (χ1v) is 9.78. The van der Waals surface area contributed by atoms with E-state index in [2.05, 4.69) is 36.7 Å². The molecule has 0 aliphatic heterocycles. The van der Waals surface area contributed by atoms with Crippen LogP contribution in [0.5, 0.6) is 0 Å². The fourth-order valence-corrected chi connectivity index (χ4v) is 3.99. The summed E-state index contributed by atoms with van der Waals surface area (Å²) in [7, 11) is 0. The van der Waals surface area contributed by atoms with E-state index in [1.807, 2.05) is 0 Å². The van der Waals surface area contributed by atoms with E-state index in [0.29, 0.717) is 12.0 Å². The normalized spacial score (nSPS) is 23.2. The van der Waals surface area contributed by atoms with Crippen molar-refractivity contribution < 1.29 is 14.3 Å². The molecule has 0 unspecified atom stereocenters. The third-order valence-corrected chi connectivity index (χ3v) is 5.64. The van der Waals surface area contributed by atoms with E-state index in [9.17, 15) is 9.59 Å². The van der Waals surface area contributed by atoms with Gasteiger partial charge in [0.15, 0.2) is 6.61 Å². The van der Waals surface area contributed by atoms with Crippen molar-refractivity contribution >= 4 is 18.0 Å². The summed E-state index contributed by atoms with van der Waals surface area (Å²) in [6.07, 6.45) is 10.2. The number of nitrogens with one attached hydrogen (secondary N) is 1. The third kappa shape index (κ3) is 4.57. The van der Waals surface area contributed by atoms with E-state index < -0.39 is 5.97 Å². The molecule has 1 amide bonds. The van der Waals surface area contributed by atoms with Crippen LogP contribution >= 0.6 is 0 Å². The van der Waals surface area contributed by atoms with Crippen LogP contribution in [0.3, 0.4) is 0 Å². The van der Waals surface area contributed by atoms with E-state index in [1.165, 1.54) is 36.7 Å². The molecule has 2 aliphatic carbocycles. The van der Waals surface area contributed by atoms with Gasteiger partial charge in [-0.3, -0.25) is 4.79 Å². The number of aryl methyl sites for hydroxylation is 1. The maximum absolute atomic E-state index is 12.0. The first-order chi connectivity index (χ1) is 12.5. The van der Waals surface area contributed by atoms with Crippen molar-refractivity contribution in [2.45, 2.75) is 71.4 Å². The minimum Gasteiger partial charge on any atom is -0.452 e. The van der Waals surface area contributed by atoms with Crippen LogP contribution in [0.4, 0.5) is 0 Å². The highest BCUT2D eigenvalue weighted by atomic mass is 16.5. The monoisotopic (exact) mass is 358 g/mol. The van der Waals surface area contributed by atoms with Gasteiger partial charge in [0, 0.05) is 29.5 Å². The SMILES string of the molecule is Cc1cc(/C=C/C(=O)OCC(=O)N[C@@H]2CCCC[C@@H]2C)c(C)n1C1CC1. The van der Waals surface area contributed by atoms with Crippen molar-refractivity contribution in [2.75, 3.05) is 6.61 Å². The highest BCUT2D eigenvalue weighted by Crippen LogP contribution is 2.38. The molecule has 1 aromatic rings. The number of hydrogen-bond acceptors (Lipinski definition) is 3. The molecule has 2 aliphatic rings. The minimum atomic E-state index is -0.479. The Balaban J connectivity index is 1.47. The number of nitrogens with zero attached hydrogens (tertiary/aromatic N) is 1. The summed E-state index contributed by atoms with van der Waals surface area (Å²) >= 11 is 0. The Morgan fingerprint density at radius 3 is 2.65 bits per heavy atom. The molecule has 0 radical (unpaired) electrons. The molecular formula is C21H30N2O3. The van der Waals surface area contributed by atoms with Gasteiger partial charge in [0.2, 0.25) is 0 Å². The lowest BCUT2D eigenvalue weighted by Crippen LogP contribution is -2.42. The Bertz CT molecular complexity index is 700. The van der Waals surface area contributed by atoms with Crippen molar-refractivity contribution in [3.05, 3.63) is 29.1 Å². The van der Waals surface area contributed by atoms with Crippen LogP contribution < -0.4 is 5.32 Å². The first-order valence-electron chi connectivity index (χ1n) is 9.78. The van der Waals surface area contributed by atoms with Gasteiger partial charge in [-0.05, 0) is 63.2 Å². The van der Waals surface area contributed by atoms with Gasteiger partial charge in [0.1, 0.15) is 0 Å². The van der Waals surface area contributed by atoms with E-state index in [-0.39, 0.29) is 18.6 Å². The average Bonchev–Trinajstić information content (AvgIpc) is 3.39. The molecule has 142 valence electrons. The Morgan fingerprint density at radius 1 is 1.23 bits per heavy atom. The maximum Gasteiger partial charge on any atom is 0.331 e. The second-order valence-electron chi connectivity index (χ2n) is 7.80. The summed E-state index contributed by atoms with van der Waals surface area (Å²) in [6, 6.07) is 2.92. The Hall–Kier alpha value is -2.04. The van der Waals surface area contributed by atoms with Crippen LogP contribution in [0.1, 0.15) is 68.4 Å². The van der Waals surface area contributed by atoms with Gasteiger partial charge in [0.05, 0.1) is 0 Å². The van der Waals surface area contributed by atoms with Gasteiger partial charge in [-0.15, -0.1) is 0 Å². The summed E-state index contributed by atoms with van der Waals surface area (Å²) in [5.74, 6) is -0.199. The third-order valence-electron chi connectivity index (χ3n) is 5.64. The molecule has 26 heavy (non-hydrogen) atoms. The lowest BCUT2D eigenvalue weighted by atomic mass is 9.86. The molecular weight excluding hydrogens is 328 g/mol. The number of carbonyl (C=O) groups excluding carboxylic acids is 2. The second kappa shape index (κ2) is 8.11. The van der Waals surface area contributed by atoms with E-state index in [0.717, 1.165) is 24.8 Å². The zero-order valence-electron chi connectivity index (χ0n) is 16.1. The van der Waals surface area contributed by atoms with Crippen LogP contribution in [0.2, 0.25) is 0 Å². The summed E-state index contributed by atoms with van der Waals surface area (Å²) in [5, 5.41) is 2.99. The van der Waals surface area contributed by atoms with Gasteiger partial charge in [-0.25, -0.2) is 4.79 Å². The fourth-order valence-electron chi connectivity index (χ4n) is 3.99. The maximum atomic E-state index is 12.0. The van der Waals surface area contributed by atoms with E-state index in [4.69, 9.17) is 4.74 Å².